The molecule has 4 aromatic rings. The molecule has 0 saturated heterocycles. The Labute approximate surface area is 158 Å². The van der Waals surface area contributed by atoms with Gasteiger partial charge in [0.25, 0.3) is 11.1 Å². The predicted octanol–water partition coefficient (Wildman–Crippen LogP) is 1.02. The smallest absolute Gasteiger partial charge is 0.332 e. The lowest BCUT2D eigenvalue weighted by molar-refractivity contribution is 0.439. The lowest BCUT2D eigenvalue weighted by Gasteiger charge is -2.11. The van der Waals surface area contributed by atoms with Gasteiger partial charge in [-0.15, -0.1) is 0 Å². The number of para-hydroxylation sites is 1. The lowest BCUT2D eigenvalue weighted by atomic mass is 10.3. The van der Waals surface area contributed by atoms with E-state index in [2.05, 4.69) is 4.98 Å². The zero-order valence-electron chi connectivity index (χ0n) is 15.7. The summed E-state index contributed by atoms with van der Waals surface area (Å²) in [6.45, 7) is 5.41. The number of benzene rings is 1. The summed E-state index contributed by atoms with van der Waals surface area (Å²) in [5.74, 6) is -0.294. The van der Waals surface area contributed by atoms with Crippen molar-refractivity contribution in [3.8, 4) is 11.6 Å². The van der Waals surface area contributed by atoms with Crippen LogP contribution in [0.4, 0.5) is 0 Å². The number of hydrogen-bond acceptors (Lipinski definition) is 5. The number of hydrogen-bond donors (Lipinski definition) is 1. The van der Waals surface area contributed by atoms with E-state index in [1.807, 2.05) is 6.07 Å². The van der Waals surface area contributed by atoms with Crippen molar-refractivity contribution in [3.05, 3.63) is 67.1 Å². The van der Waals surface area contributed by atoms with Gasteiger partial charge in [0.05, 0.1) is 11.3 Å². The molecule has 0 amide bonds. The maximum atomic E-state index is 13.0. The molecule has 0 radical (unpaired) electrons. The van der Waals surface area contributed by atoms with Crippen LogP contribution in [0.3, 0.4) is 0 Å². The first-order chi connectivity index (χ1) is 13.4. The summed E-state index contributed by atoms with van der Waals surface area (Å²) in [6.07, 6.45) is 0. The zero-order chi connectivity index (χ0) is 20.2. The molecule has 0 unspecified atom stereocenters. The third-order valence-electron chi connectivity index (χ3n) is 4.92. The van der Waals surface area contributed by atoms with E-state index in [4.69, 9.17) is 0 Å². The Hall–Kier alpha value is -3.62. The SMILES string of the molecule is CCn1c(=O)c2c(nc3n(-c4ccccc4)c(=O)c(C)c(O)n23)n(CC)c1=O. The number of nitrogens with zero attached hydrogens (tertiary/aromatic N) is 5. The molecule has 0 aliphatic rings. The number of imidazole rings is 1. The third-order valence-corrected chi connectivity index (χ3v) is 4.92. The van der Waals surface area contributed by atoms with Gasteiger partial charge in [-0.2, -0.15) is 4.98 Å². The van der Waals surface area contributed by atoms with Gasteiger partial charge in [-0.1, -0.05) is 18.2 Å². The van der Waals surface area contributed by atoms with Crippen LogP contribution in [0.5, 0.6) is 5.88 Å². The number of aromatic nitrogens is 5. The van der Waals surface area contributed by atoms with Crippen LogP contribution in [0, 0.1) is 6.92 Å². The minimum absolute atomic E-state index is 0.0589. The van der Waals surface area contributed by atoms with Crippen LogP contribution < -0.4 is 16.8 Å². The molecule has 0 aliphatic carbocycles. The van der Waals surface area contributed by atoms with Crippen molar-refractivity contribution in [2.24, 2.45) is 0 Å². The first kappa shape index (κ1) is 17.8. The first-order valence-electron chi connectivity index (χ1n) is 8.98. The van der Waals surface area contributed by atoms with E-state index in [-0.39, 0.29) is 41.5 Å². The van der Waals surface area contributed by atoms with Crippen molar-refractivity contribution in [2.45, 2.75) is 33.9 Å². The van der Waals surface area contributed by atoms with Crippen LogP contribution in [-0.2, 0) is 13.1 Å². The summed E-state index contributed by atoms with van der Waals surface area (Å²) in [6, 6.07) is 8.82. The highest BCUT2D eigenvalue weighted by Gasteiger charge is 2.24. The average molecular weight is 381 g/mol. The quantitative estimate of drug-likeness (QED) is 0.571. The van der Waals surface area contributed by atoms with E-state index < -0.39 is 16.8 Å². The van der Waals surface area contributed by atoms with Crippen LogP contribution in [-0.4, -0.2) is 28.2 Å². The maximum absolute atomic E-state index is 13.0. The lowest BCUT2D eigenvalue weighted by Crippen LogP contribution is -2.39. The molecule has 1 aromatic carbocycles. The Balaban J connectivity index is 2.37. The van der Waals surface area contributed by atoms with Crippen molar-refractivity contribution in [1.82, 2.24) is 23.1 Å². The molecule has 3 aromatic heterocycles. The molecule has 0 saturated carbocycles. The molecule has 1 N–H and O–H groups in total. The maximum Gasteiger partial charge on any atom is 0.332 e. The molecule has 4 rings (SSSR count). The van der Waals surface area contributed by atoms with E-state index in [1.165, 1.54) is 20.5 Å². The fourth-order valence-corrected chi connectivity index (χ4v) is 3.47. The second-order valence-electron chi connectivity index (χ2n) is 6.42. The topological polar surface area (TPSA) is 104 Å². The highest BCUT2D eigenvalue weighted by Crippen LogP contribution is 2.22. The Morgan fingerprint density at radius 1 is 0.964 bits per heavy atom. The zero-order valence-corrected chi connectivity index (χ0v) is 15.7. The second kappa shape index (κ2) is 6.22. The molecule has 0 bridgehead atoms. The summed E-state index contributed by atoms with van der Waals surface area (Å²) in [5.41, 5.74) is -0.684. The number of aryl methyl sites for hydroxylation is 1. The fraction of sp³-hybridized carbons (Fsp3) is 0.263. The van der Waals surface area contributed by atoms with Crippen LogP contribution in [0.25, 0.3) is 22.6 Å². The molecule has 0 fully saturated rings. The van der Waals surface area contributed by atoms with Gasteiger partial charge in [0, 0.05) is 13.1 Å². The Kier molecular flexibility index (Phi) is 3.95. The van der Waals surface area contributed by atoms with E-state index in [0.717, 1.165) is 4.57 Å². The van der Waals surface area contributed by atoms with Crippen molar-refractivity contribution < 1.29 is 5.11 Å². The number of fused-ring (bicyclic) bond motifs is 3. The molecule has 0 atom stereocenters. The largest absolute Gasteiger partial charge is 0.494 e. The summed E-state index contributed by atoms with van der Waals surface area (Å²) in [7, 11) is 0. The molecule has 144 valence electrons. The van der Waals surface area contributed by atoms with Gasteiger partial charge in [-0.05, 0) is 32.9 Å². The highest BCUT2D eigenvalue weighted by molar-refractivity contribution is 5.77. The Morgan fingerprint density at radius 3 is 2.21 bits per heavy atom. The van der Waals surface area contributed by atoms with Crippen LogP contribution >= 0.6 is 0 Å². The second-order valence-corrected chi connectivity index (χ2v) is 6.42. The molecular formula is C19H19N5O4. The standard InChI is InChI=1S/C19H19N5O4/c1-4-21-14-13(17(27)22(5-2)19(21)28)24-16(26)11(3)15(25)23(18(24)20-14)12-9-7-6-8-10-12/h6-10,26H,4-5H2,1-3H3. The van der Waals surface area contributed by atoms with Gasteiger partial charge < -0.3 is 5.11 Å². The first-order valence-corrected chi connectivity index (χ1v) is 8.98. The minimum Gasteiger partial charge on any atom is -0.494 e. The van der Waals surface area contributed by atoms with E-state index in [1.54, 1.807) is 38.1 Å². The number of rotatable bonds is 3. The van der Waals surface area contributed by atoms with Crippen molar-refractivity contribution in [1.29, 1.82) is 0 Å². The highest BCUT2D eigenvalue weighted by atomic mass is 16.3. The van der Waals surface area contributed by atoms with Crippen LogP contribution in [0.1, 0.15) is 19.4 Å². The van der Waals surface area contributed by atoms with Crippen molar-refractivity contribution in [2.75, 3.05) is 0 Å². The van der Waals surface area contributed by atoms with Gasteiger partial charge in [0.15, 0.2) is 11.2 Å². The van der Waals surface area contributed by atoms with Gasteiger partial charge in [-0.25, -0.2) is 13.8 Å². The molecule has 0 spiro atoms. The molecule has 28 heavy (non-hydrogen) atoms. The summed E-state index contributed by atoms with van der Waals surface area (Å²) < 4.78 is 5.03. The van der Waals surface area contributed by atoms with Gasteiger partial charge in [0.2, 0.25) is 11.7 Å². The molecule has 0 aliphatic heterocycles. The van der Waals surface area contributed by atoms with E-state index in [0.29, 0.717) is 5.69 Å². The number of aromatic hydroxyl groups is 1. The van der Waals surface area contributed by atoms with Crippen molar-refractivity contribution >= 4 is 16.9 Å². The van der Waals surface area contributed by atoms with Crippen molar-refractivity contribution in [3.63, 3.8) is 0 Å². The summed E-state index contributed by atoms with van der Waals surface area (Å²) >= 11 is 0. The normalized spacial score (nSPS) is 11.5. The fourth-order valence-electron chi connectivity index (χ4n) is 3.47. The Bertz CT molecular complexity index is 1410. The molecule has 9 nitrogen and oxygen atoms in total. The van der Waals surface area contributed by atoms with Gasteiger partial charge in [0.1, 0.15) is 0 Å². The van der Waals surface area contributed by atoms with Gasteiger partial charge in [-0.3, -0.25) is 18.7 Å². The molecular weight excluding hydrogens is 362 g/mol. The minimum atomic E-state index is -0.562. The monoisotopic (exact) mass is 381 g/mol. The van der Waals surface area contributed by atoms with Crippen LogP contribution in [0.2, 0.25) is 0 Å². The van der Waals surface area contributed by atoms with Crippen LogP contribution in [0.15, 0.2) is 44.7 Å². The summed E-state index contributed by atoms with van der Waals surface area (Å²) in [5, 5.41) is 10.7. The average Bonchev–Trinajstić information content (AvgIpc) is 3.08. The van der Waals surface area contributed by atoms with Gasteiger partial charge >= 0.3 is 5.69 Å². The van der Waals surface area contributed by atoms with E-state index >= 15 is 0 Å². The Morgan fingerprint density at radius 2 is 1.61 bits per heavy atom. The molecule has 9 heteroatoms. The third kappa shape index (κ3) is 2.19. The molecule has 3 heterocycles. The summed E-state index contributed by atoms with van der Waals surface area (Å²) in [4.78, 5) is 43.0. The van der Waals surface area contributed by atoms with E-state index in [9.17, 15) is 19.5 Å². The predicted molar refractivity (Wildman–Crippen MR) is 105 cm³/mol.